The SMILES string of the molecule is CC(C)C(=O)NNC(=O)CCc1nc2sc3c(c2c(=O)[nH]1)CCCC3. The van der Waals surface area contributed by atoms with Crippen LogP contribution in [0.4, 0.5) is 0 Å². The molecule has 0 fully saturated rings. The highest BCUT2D eigenvalue weighted by Crippen LogP contribution is 2.33. The number of nitrogens with one attached hydrogen (secondary N) is 3. The molecule has 0 spiro atoms. The van der Waals surface area contributed by atoms with Crippen LogP contribution in [0.3, 0.4) is 0 Å². The summed E-state index contributed by atoms with van der Waals surface area (Å²) < 4.78 is 0. The lowest BCUT2D eigenvalue weighted by Gasteiger charge is -2.09. The summed E-state index contributed by atoms with van der Waals surface area (Å²) in [6, 6.07) is 0. The smallest absolute Gasteiger partial charge is 0.259 e. The van der Waals surface area contributed by atoms with Gasteiger partial charge in [-0.05, 0) is 31.2 Å². The molecular formula is C17H22N4O3S. The fraction of sp³-hybridized carbons (Fsp3) is 0.529. The average Bonchev–Trinajstić information content (AvgIpc) is 2.96. The summed E-state index contributed by atoms with van der Waals surface area (Å²) >= 11 is 1.59. The van der Waals surface area contributed by atoms with Crippen molar-refractivity contribution in [3.63, 3.8) is 0 Å². The van der Waals surface area contributed by atoms with Gasteiger partial charge in [0.25, 0.3) is 5.56 Å². The highest BCUT2D eigenvalue weighted by molar-refractivity contribution is 7.18. The Hall–Kier alpha value is -2.22. The maximum absolute atomic E-state index is 12.4. The van der Waals surface area contributed by atoms with Crippen molar-refractivity contribution >= 4 is 33.4 Å². The molecule has 2 aromatic rings. The molecule has 0 saturated carbocycles. The van der Waals surface area contributed by atoms with Crippen LogP contribution in [0, 0.1) is 5.92 Å². The molecule has 0 atom stereocenters. The van der Waals surface area contributed by atoms with Gasteiger partial charge in [-0.15, -0.1) is 11.3 Å². The zero-order valence-corrected chi connectivity index (χ0v) is 15.2. The number of nitrogens with zero attached hydrogens (tertiary/aromatic N) is 1. The fourth-order valence-electron chi connectivity index (χ4n) is 2.90. The van der Waals surface area contributed by atoms with Crippen molar-refractivity contribution in [2.45, 2.75) is 52.4 Å². The number of carbonyl (C=O) groups is 2. The summed E-state index contributed by atoms with van der Waals surface area (Å²) in [6.45, 7) is 3.48. The van der Waals surface area contributed by atoms with Crippen molar-refractivity contribution < 1.29 is 9.59 Å². The molecule has 8 heteroatoms. The van der Waals surface area contributed by atoms with Crippen LogP contribution in [0.25, 0.3) is 10.2 Å². The first kappa shape index (κ1) is 17.6. The van der Waals surface area contributed by atoms with Crippen molar-refractivity contribution in [2.75, 3.05) is 0 Å². The minimum atomic E-state index is -0.317. The van der Waals surface area contributed by atoms with Crippen LogP contribution in [-0.2, 0) is 28.9 Å². The van der Waals surface area contributed by atoms with Gasteiger partial charge in [-0.3, -0.25) is 25.2 Å². The largest absolute Gasteiger partial charge is 0.310 e. The molecule has 7 nitrogen and oxygen atoms in total. The Kier molecular flexibility index (Phi) is 5.17. The first-order chi connectivity index (χ1) is 12.0. The Morgan fingerprint density at radius 1 is 1.24 bits per heavy atom. The first-order valence-corrected chi connectivity index (χ1v) is 9.39. The van der Waals surface area contributed by atoms with Crippen LogP contribution in [0.5, 0.6) is 0 Å². The minimum absolute atomic E-state index is 0.118. The third-order valence-corrected chi connectivity index (χ3v) is 5.50. The van der Waals surface area contributed by atoms with E-state index < -0.39 is 0 Å². The molecule has 0 radical (unpaired) electrons. The number of aromatic nitrogens is 2. The first-order valence-electron chi connectivity index (χ1n) is 8.58. The summed E-state index contributed by atoms with van der Waals surface area (Å²) in [6.07, 6.45) is 4.69. The summed E-state index contributed by atoms with van der Waals surface area (Å²) in [4.78, 5) is 45.0. The third kappa shape index (κ3) is 3.89. The normalized spacial score (nSPS) is 13.7. The van der Waals surface area contributed by atoms with Gasteiger partial charge in [0.1, 0.15) is 10.7 Å². The predicted molar refractivity (Wildman–Crippen MR) is 96.3 cm³/mol. The van der Waals surface area contributed by atoms with Gasteiger partial charge in [-0.1, -0.05) is 13.8 Å². The van der Waals surface area contributed by atoms with Crippen LogP contribution in [-0.4, -0.2) is 21.8 Å². The van der Waals surface area contributed by atoms with Crippen LogP contribution in [0.2, 0.25) is 0 Å². The van der Waals surface area contributed by atoms with E-state index in [0.717, 1.165) is 41.5 Å². The molecule has 0 bridgehead atoms. The molecule has 3 rings (SSSR count). The van der Waals surface area contributed by atoms with Gasteiger partial charge >= 0.3 is 0 Å². The highest BCUT2D eigenvalue weighted by Gasteiger charge is 2.20. The molecule has 0 aromatic carbocycles. The van der Waals surface area contributed by atoms with E-state index in [-0.39, 0.29) is 29.7 Å². The Balaban J connectivity index is 1.67. The second-order valence-corrected chi connectivity index (χ2v) is 7.68. The molecule has 0 unspecified atom stereocenters. The monoisotopic (exact) mass is 362 g/mol. The maximum atomic E-state index is 12.4. The molecule has 3 N–H and O–H groups in total. The zero-order valence-electron chi connectivity index (χ0n) is 14.4. The van der Waals surface area contributed by atoms with Gasteiger partial charge in [0.2, 0.25) is 11.8 Å². The van der Waals surface area contributed by atoms with E-state index in [2.05, 4.69) is 20.8 Å². The lowest BCUT2D eigenvalue weighted by molar-refractivity contribution is -0.130. The number of amides is 2. The van der Waals surface area contributed by atoms with Crippen molar-refractivity contribution in [3.05, 3.63) is 26.6 Å². The Morgan fingerprint density at radius 3 is 2.76 bits per heavy atom. The van der Waals surface area contributed by atoms with Crippen molar-refractivity contribution in [2.24, 2.45) is 5.92 Å². The van der Waals surface area contributed by atoms with Crippen LogP contribution in [0.15, 0.2) is 4.79 Å². The van der Waals surface area contributed by atoms with E-state index in [0.29, 0.717) is 12.2 Å². The number of aromatic amines is 1. The fourth-order valence-corrected chi connectivity index (χ4v) is 4.18. The number of hydrazine groups is 1. The van der Waals surface area contributed by atoms with Crippen LogP contribution in [0.1, 0.15) is 49.4 Å². The van der Waals surface area contributed by atoms with E-state index in [4.69, 9.17) is 0 Å². The van der Waals surface area contributed by atoms with Gasteiger partial charge in [0, 0.05) is 23.6 Å². The second-order valence-electron chi connectivity index (χ2n) is 6.60. The number of hydrogen-bond donors (Lipinski definition) is 3. The van der Waals surface area contributed by atoms with Crippen LogP contribution >= 0.6 is 11.3 Å². The standard InChI is InChI=1S/C17H22N4O3S/c1-9(2)15(23)21-20-13(22)8-7-12-18-16(24)14-10-5-3-4-6-11(10)25-17(14)19-12/h9H,3-8H2,1-2H3,(H,20,22)(H,21,23)(H,18,19,24). The predicted octanol–water partition coefficient (Wildman–Crippen LogP) is 1.60. The minimum Gasteiger partial charge on any atom is -0.310 e. The number of hydrogen-bond acceptors (Lipinski definition) is 5. The zero-order chi connectivity index (χ0) is 18.0. The number of aryl methyl sites for hydroxylation is 3. The van der Waals surface area contributed by atoms with Crippen molar-refractivity contribution in [3.8, 4) is 0 Å². The topological polar surface area (TPSA) is 104 Å². The third-order valence-electron chi connectivity index (χ3n) is 4.31. The molecule has 134 valence electrons. The van der Waals surface area contributed by atoms with Gasteiger partial charge in [0.05, 0.1) is 5.39 Å². The molecule has 2 amide bonds. The average molecular weight is 362 g/mol. The number of fused-ring (bicyclic) bond motifs is 3. The second kappa shape index (κ2) is 7.35. The van der Waals surface area contributed by atoms with Gasteiger partial charge < -0.3 is 4.98 Å². The van der Waals surface area contributed by atoms with E-state index in [1.165, 1.54) is 4.88 Å². The molecule has 0 saturated heterocycles. The number of H-pyrrole nitrogens is 1. The maximum Gasteiger partial charge on any atom is 0.259 e. The molecule has 0 aliphatic heterocycles. The Morgan fingerprint density at radius 2 is 2.00 bits per heavy atom. The van der Waals surface area contributed by atoms with E-state index in [1.807, 2.05) is 0 Å². The molecule has 2 heterocycles. The van der Waals surface area contributed by atoms with E-state index in [9.17, 15) is 14.4 Å². The molecule has 1 aliphatic carbocycles. The Labute approximate surface area is 149 Å². The van der Waals surface area contributed by atoms with Gasteiger partial charge in [-0.2, -0.15) is 0 Å². The van der Waals surface area contributed by atoms with Crippen LogP contribution < -0.4 is 16.4 Å². The van der Waals surface area contributed by atoms with E-state index >= 15 is 0 Å². The number of rotatable bonds is 4. The van der Waals surface area contributed by atoms with Gasteiger partial charge in [0.15, 0.2) is 0 Å². The number of carbonyl (C=O) groups excluding carboxylic acids is 2. The quantitative estimate of drug-likeness (QED) is 0.719. The molecule has 1 aliphatic rings. The number of thiophene rings is 1. The molecule has 25 heavy (non-hydrogen) atoms. The lowest BCUT2D eigenvalue weighted by atomic mass is 9.97. The molecule has 2 aromatic heterocycles. The Bertz CT molecular complexity index is 869. The summed E-state index contributed by atoms with van der Waals surface area (Å²) in [7, 11) is 0. The highest BCUT2D eigenvalue weighted by atomic mass is 32.1. The van der Waals surface area contributed by atoms with E-state index in [1.54, 1.807) is 25.2 Å². The van der Waals surface area contributed by atoms with Crippen molar-refractivity contribution in [1.29, 1.82) is 0 Å². The van der Waals surface area contributed by atoms with Crippen molar-refractivity contribution in [1.82, 2.24) is 20.8 Å². The summed E-state index contributed by atoms with van der Waals surface area (Å²) in [5.41, 5.74) is 5.77. The summed E-state index contributed by atoms with van der Waals surface area (Å²) in [5.74, 6) is -0.264. The lowest BCUT2D eigenvalue weighted by Crippen LogP contribution is -2.43. The molecular weight excluding hydrogens is 340 g/mol. The van der Waals surface area contributed by atoms with Gasteiger partial charge in [-0.25, -0.2) is 4.98 Å². The summed E-state index contributed by atoms with van der Waals surface area (Å²) in [5, 5.41) is 0.720.